The van der Waals surface area contributed by atoms with E-state index >= 15 is 0 Å². The van der Waals surface area contributed by atoms with Gasteiger partial charge in [-0.15, -0.1) is 0 Å². The standard InChI is InChI=1S/C20H17Cl2N2S.HI/c1-3-24-16(8-5-13-4-6-14(21)10-17(13)24)12-20-23(2)18-11-15(22)7-9-19(18)25-20;/h4-12H,3H2,1-2H3;1H/q+1;/p-1. The summed E-state index contributed by atoms with van der Waals surface area (Å²) in [6.07, 6.45) is 2.22. The van der Waals surface area contributed by atoms with Gasteiger partial charge in [-0.2, -0.15) is 4.57 Å². The van der Waals surface area contributed by atoms with E-state index in [2.05, 4.69) is 53.8 Å². The second-order valence-electron chi connectivity index (χ2n) is 5.96. The number of hydrogen-bond donors (Lipinski definition) is 0. The van der Waals surface area contributed by atoms with Crippen LogP contribution in [-0.2, 0) is 6.54 Å². The van der Waals surface area contributed by atoms with E-state index in [9.17, 15) is 0 Å². The predicted octanol–water partition coefficient (Wildman–Crippen LogP) is 3.00. The monoisotopic (exact) mass is 514 g/mol. The van der Waals surface area contributed by atoms with Crippen LogP contribution in [0, 0.1) is 0 Å². The Morgan fingerprint density at radius 3 is 2.50 bits per heavy atom. The summed E-state index contributed by atoms with van der Waals surface area (Å²) in [5.74, 6) is 0. The Morgan fingerprint density at radius 2 is 1.73 bits per heavy atom. The molecule has 4 rings (SSSR count). The Morgan fingerprint density at radius 1 is 1.04 bits per heavy atom. The molecule has 0 spiro atoms. The highest BCUT2D eigenvalue weighted by molar-refractivity contribution is 8.03. The van der Waals surface area contributed by atoms with E-state index in [4.69, 9.17) is 23.2 Å². The van der Waals surface area contributed by atoms with E-state index in [1.54, 1.807) is 11.8 Å². The first-order valence-electron chi connectivity index (χ1n) is 8.12. The number of halogens is 3. The molecule has 0 N–H and O–H groups in total. The van der Waals surface area contributed by atoms with Crippen molar-refractivity contribution in [3.63, 3.8) is 0 Å². The zero-order valence-corrected chi connectivity index (χ0v) is 18.8. The van der Waals surface area contributed by atoms with Crippen LogP contribution in [0.5, 0.6) is 0 Å². The molecular formula is C20H17Cl2IN2S. The van der Waals surface area contributed by atoms with Crippen LogP contribution in [0.15, 0.2) is 58.5 Å². The van der Waals surface area contributed by atoms with Gasteiger partial charge in [-0.1, -0.05) is 35.0 Å². The van der Waals surface area contributed by atoms with Gasteiger partial charge in [-0.3, -0.25) is 0 Å². The number of nitrogens with zero attached hydrogens (tertiary/aromatic N) is 2. The summed E-state index contributed by atoms with van der Waals surface area (Å²) in [4.78, 5) is 3.42. The fourth-order valence-corrected chi connectivity index (χ4v) is 4.58. The van der Waals surface area contributed by atoms with E-state index < -0.39 is 0 Å². The molecule has 0 atom stereocenters. The molecule has 1 aromatic heterocycles. The van der Waals surface area contributed by atoms with Gasteiger partial charge in [0.1, 0.15) is 6.54 Å². The first kappa shape index (κ1) is 19.8. The lowest BCUT2D eigenvalue weighted by Gasteiger charge is -2.13. The van der Waals surface area contributed by atoms with Gasteiger partial charge >= 0.3 is 0 Å². The number of benzene rings is 2. The van der Waals surface area contributed by atoms with Crippen LogP contribution in [0.2, 0.25) is 10.0 Å². The topological polar surface area (TPSA) is 7.12 Å². The van der Waals surface area contributed by atoms with Crippen molar-refractivity contribution < 1.29 is 28.5 Å². The van der Waals surface area contributed by atoms with Crippen LogP contribution in [-0.4, -0.2) is 7.05 Å². The number of fused-ring (bicyclic) bond motifs is 2. The predicted molar refractivity (Wildman–Crippen MR) is 109 cm³/mol. The summed E-state index contributed by atoms with van der Waals surface area (Å²) in [7, 11) is 2.08. The van der Waals surface area contributed by atoms with Gasteiger partial charge in [0.15, 0.2) is 0 Å². The van der Waals surface area contributed by atoms with Gasteiger partial charge in [0.25, 0.3) is 0 Å². The van der Waals surface area contributed by atoms with Crippen molar-refractivity contribution >= 4 is 57.6 Å². The van der Waals surface area contributed by atoms with E-state index in [1.807, 2.05) is 24.3 Å². The number of hydrogen-bond acceptors (Lipinski definition) is 2. The molecule has 6 heteroatoms. The lowest BCUT2D eigenvalue weighted by atomic mass is 10.2. The highest BCUT2D eigenvalue weighted by Gasteiger charge is 2.24. The van der Waals surface area contributed by atoms with Gasteiger partial charge in [0, 0.05) is 45.6 Å². The molecular weight excluding hydrogens is 498 g/mol. The highest BCUT2D eigenvalue weighted by Crippen LogP contribution is 2.46. The lowest BCUT2D eigenvalue weighted by molar-refractivity contribution is -0.669. The molecule has 0 fully saturated rings. The molecule has 0 saturated carbocycles. The van der Waals surface area contributed by atoms with Crippen molar-refractivity contribution in [2.75, 3.05) is 11.9 Å². The van der Waals surface area contributed by atoms with E-state index in [1.165, 1.54) is 15.3 Å². The number of thioether (sulfide) groups is 1. The molecule has 0 saturated heterocycles. The summed E-state index contributed by atoms with van der Waals surface area (Å²) >= 11 is 14.1. The first-order valence-corrected chi connectivity index (χ1v) is 9.69. The molecule has 2 nitrogen and oxygen atoms in total. The normalized spacial score (nSPS) is 14.6. The Hall–Kier alpha value is -0.950. The van der Waals surface area contributed by atoms with Gasteiger partial charge in [0.05, 0.1) is 10.7 Å². The lowest BCUT2D eigenvalue weighted by Crippen LogP contribution is -3.00. The van der Waals surface area contributed by atoms with Gasteiger partial charge in [-0.25, -0.2) is 0 Å². The molecule has 0 bridgehead atoms. The molecule has 0 unspecified atom stereocenters. The molecule has 2 aromatic carbocycles. The fraction of sp³-hybridized carbons (Fsp3) is 0.150. The SMILES string of the molecule is CC[n+]1c(/C=C2\Sc3ccc(Cl)cc3N2C)ccc2ccc(Cl)cc21.[I-]. The van der Waals surface area contributed by atoms with E-state index in [0.29, 0.717) is 0 Å². The molecule has 1 aliphatic heterocycles. The number of anilines is 1. The molecule has 0 amide bonds. The Bertz CT molecular complexity index is 1020. The third-order valence-electron chi connectivity index (χ3n) is 4.44. The zero-order valence-electron chi connectivity index (χ0n) is 14.3. The van der Waals surface area contributed by atoms with Crippen molar-refractivity contribution in [3.05, 3.63) is 69.3 Å². The summed E-state index contributed by atoms with van der Waals surface area (Å²) in [6.45, 7) is 3.03. The maximum atomic E-state index is 6.22. The number of aromatic nitrogens is 1. The summed E-state index contributed by atoms with van der Waals surface area (Å²) in [6, 6.07) is 16.4. The van der Waals surface area contributed by atoms with Crippen LogP contribution in [0.25, 0.3) is 17.0 Å². The smallest absolute Gasteiger partial charge is 0.214 e. The molecule has 26 heavy (non-hydrogen) atoms. The summed E-state index contributed by atoms with van der Waals surface area (Å²) in [5, 5.41) is 3.89. The van der Waals surface area contributed by atoms with Gasteiger partial charge in [-0.05, 0) is 43.3 Å². The maximum Gasteiger partial charge on any atom is 0.214 e. The number of pyridine rings is 1. The number of rotatable bonds is 2. The van der Waals surface area contributed by atoms with Crippen LogP contribution >= 0.6 is 35.0 Å². The average molecular weight is 515 g/mol. The molecule has 1 aliphatic rings. The quantitative estimate of drug-likeness (QED) is 0.383. The van der Waals surface area contributed by atoms with Crippen molar-refractivity contribution in [1.29, 1.82) is 0 Å². The summed E-state index contributed by atoms with van der Waals surface area (Å²) < 4.78 is 2.29. The van der Waals surface area contributed by atoms with Crippen molar-refractivity contribution in [2.24, 2.45) is 0 Å². The molecule has 0 radical (unpaired) electrons. The Balaban J connectivity index is 0.00000196. The molecule has 3 aromatic rings. The first-order chi connectivity index (χ1) is 12.1. The molecule has 134 valence electrons. The summed E-state index contributed by atoms with van der Waals surface area (Å²) in [5.41, 5.74) is 3.46. The number of aryl methyl sites for hydroxylation is 1. The van der Waals surface area contributed by atoms with Crippen molar-refractivity contribution in [2.45, 2.75) is 18.4 Å². The second kappa shape index (κ2) is 7.97. The van der Waals surface area contributed by atoms with E-state index in [-0.39, 0.29) is 24.0 Å². The van der Waals surface area contributed by atoms with Crippen LogP contribution < -0.4 is 33.4 Å². The second-order valence-corrected chi connectivity index (χ2v) is 7.90. The van der Waals surface area contributed by atoms with Gasteiger partial charge < -0.3 is 28.9 Å². The van der Waals surface area contributed by atoms with Crippen LogP contribution in [0.3, 0.4) is 0 Å². The molecule has 0 aliphatic carbocycles. The van der Waals surface area contributed by atoms with Crippen molar-refractivity contribution in [3.8, 4) is 0 Å². The van der Waals surface area contributed by atoms with Crippen molar-refractivity contribution in [1.82, 2.24) is 0 Å². The fourth-order valence-electron chi connectivity index (χ4n) is 3.17. The largest absolute Gasteiger partial charge is 1.00 e. The molecule has 2 heterocycles. The zero-order chi connectivity index (χ0) is 17.6. The highest BCUT2D eigenvalue weighted by atomic mass is 127. The third kappa shape index (κ3) is 3.57. The minimum Gasteiger partial charge on any atom is -1.00 e. The maximum absolute atomic E-state index is 6.22. The average Bonchev–Trinajstić information content (AvgIpc) is 2.90. The third-order valence-corrected chi connectivity index (χ3v) is 6.08. The van der Waals surface area contributed by atoms with Gasteiger partial charge in [0.2, 0.25) is 11.2 Å². The Kier molecular flexibility index (Phi) is 6.07. The Labute approximate surface area is 184 Å². The minimum atomic E-state index is 0. The van der Waals surface area contributed by atoms with Crippen LogP contribution in [0.1, 0.15) is 12.6 Å². The minimum absolute atomic E-state index is 0. The van der Waals surface area contributed by atoms with E-state index in [0.717, 1.165) is 33.5 Å². The van der Waals surface area contributed by atoms with Crippen LogP contribution in [0.4, 0.5) is 5.69 Å².